The van der Waals surface area contributed by atoms with Gasteiger partial charge in [0.1, 0.15) is 18.9 Å². The summed E-state index contributed by atoms with van der Waals surface area (Å²) in [5.41, 5.74) is 4.56. The molecule has 29 heavy (non-hydrogen) atoms. The van der Waals surface area contributed by atoms with Crippen LogP contribution < -0.4 is 10.1 Å². The molecule has 0 spiro atoms. The van der Waals surface area contributed by atoms with Gasteiger partial charge in [-0.05, 0) is 38.1 Å². The Hall–Kier alpha value is -3.61. The quantitative estimate of drug-likeness (QED) is 0.673. The number of anilines is 1. The van der Waals surface area contributed by atoms with Crippen LogP contribution in [0.3, 0.4) is 0 Å². The molecule has 0 saturated heterocycles. The Morgan fingerprint density at radius 1 is 1.24 bits per heavy atom. The number of hydrogen-bond donors (Lipinski definition) is 1. The number of aromatic nitrogens is 2. The van der Waals surface area contributed by atoms with Crippen LogP contribution in [0.15, 0.2) is 48.7 Å². The zero-order valence-electron chi connectivity index (χ0n) is 16.3. The fourth-order valence-electron chi connectivity index (χ4n) is 3.38. The molecule has 1 aliphatic heterocycles. The first kappa shape index (κ1) is 18.7. The van der Waals surface area contributed by atoms with E-state index in [4.69, 9.17) is 9.47 Å². The van der Waals surface area contributed by atoms with Gasteiger partial charge >= 0.3 is 5.97 Å². The minimum Gasteiger partial charge on any atom is -0.488 e. The third kappa shape index (κ3) is 3.71. The zero-order valence-corrected chi connectivity index (χ0v) is 16.3. The van der Waals surface area contributed by atoms with Gasteiger partial charge in [0.25, 0.3) is 0 Å². The predicted octanol–water partition coefficient (Wildman–Crippen LogP) is 3.57. The number of nitrogens with zero attached hydrogens (tertiary/aromatic N) is 2. The summed E-state index contributed by atoms with van der Waals surface area (Å²) in [6.45, 7) is 4.44. The lowest BCUT2D eigenvalue weighted by Gasteiger charge is -2.20. The lowest BCUT2D eigenvalue weighted by molar-refractivity contribution is -0.116. The molecule has 0 radical (unpaired) electrons. The van der Waals surface area contributed by atoms with Gasteiger partial charge in [-0.2, -0.15) is 5.10 Å². The summed E-state index contributed by atoms with van der Waals surface area (Å²) in [5, 5.41) is 7.18. The van der Waals surface area contributed by atoms with Gasteiger partial charge in [0.05, 0.1) is 29.7 Å². The fraction of sp³-hybridized carbons (Fsp3) is 0.227. The van der Waals surface area contributed by atoms with Crippen molar-refractivity contribution in [2.24, 2.45) is 0 Å². The summed E-state index contributed by atoms with van der Waals surface area (Å²) in [6, 6.07) is 12.7. The SMILES string of the molecule is CCOC(=O)c1ccccc1NC(=O)Cn1ncc2c1-c1cc(C)ccc1OC2. The van der Waals surface area contributed by atoms with E-state index in [-0.39, 0.29) is 19.1 Å². The van der Waals surface area contributed by atoms with E-state index in [1.807, 2.05) is 25.1 Å². The topological polar surface area (TPSA) is 82.5 Å². The molecule has 0 saturated carbocycles. The summed E-state index contributed by atoms with van der Waals surface area (Å²) in [4.78, 5) is 24.8. The number of ether oxygens (including phenoxy) is 2. The second-order valence-electron chi connectivity index (χ2n) is 6.78. The van der Waals surface area contributed by atoms with Crippen molar-refractivity contribution in [3.63, 3.8) is 0 Å². The van der Waals surface area contributed by atoms with E-state index in [0.717, 1.165) is 28.1 Å². The van der Waals surface area contributed by atoms with Gasteiger partial charge < -0.3 is 14.8 Å². The first-order chi connectivity index (χ1) is 14.1. The van der Waals surface area contributed by atoms with Crippen molar-refractivity contribution >= 4 is 17.6 Å². The van der Waals surface area contributed by atoms with Crippen molar-refractivity contribution in [3.05, 3.63) is 65.4 Å². The highest BCUT2D eigenvalue weighted by Gasteiger charge is 2.23. The number of esters is 1. The van der Waals surface area contributed by atoms with E-state index in [1.165, 1.54) is 0 Å². The molecule has 0 aliphatic carbocycles. The summed E-state index contributed by atoms with van der Waals surface area (Å²) >= 11 is 0. The van der Waals surface area contributed by atoms with E-state index in [1.54, 1.807) is 42.1 Å². The maximum atomic E-state index is 12.7. The van der Waals surface area contributed by atoms with Crippen LogP contribution in [0.4, 0.5) is 5.69 Å². The molecule has 1 N–H and O–H groups in total. The molecule has 2 heterocycles. The predicted molar refractivity (Wildman–Crippen MR) is 108 cm³/mol. The minimum absolute atomic E-state index is 0.0138. The first-order valence-corrected chi connectivity index (χ1v) is 9.41. The van der Waals surface area contributed by atoms with Crippen LogP contribution in [-0.2, 0) is 22.7 Å². The standard InChI is InChI=1S/C22H21N3O4/c1-3-28-22(27)16-6-4-5-7-18(16)24-20(26)12-25-21-15(11-23-25)13-29-19-9-8-14(2)10-17(19)21/h4-11H,3,12-13H2,1-2H3,(H,24,26). The van der Waals surface area contributed by atoms with Gasteiger partial charge in [-0.1, -0.05) is 23.8 Å². The van der Waals surface area contributed by atoms with E-state index < -0.39 is 5.97 Å². The number of amides is 1. The highest BCUT2D eigenvalue weighted by Crippen LogP contribution is 2.37. The molecule has 7 heteroatoms. The Bertz CT molecular complexity index is 1090. The maximum absolute atomic E-state index is 12.7. The third-order valence-corrected chi connectivity index (χ3v) is 4.68. The second-order valence-corrected chi connectivity index (χ2v) is 6.78. The number of nitrogens with one attached hydrogen (secondary N) is 1. The minimum atomic E-state index is -0.471. The largest absolute Gasteiger partial charge is 0.488 e. The molecule has 1 aromatic heterocycles. The van der Waals surface area contributed by atoms with E-state index in [0.29, 0.717) is 17.9 Å². The molecular weight excluding hydrogens is 370 g/mol. The van der Waals surface area contributed by atoms with Crippen LogP contribution in [0, 0.1) is 6.92 Å². The molecule has 1 amide bonds. The second kappa shape index (κ2) is 7.79. The Balaban J connectivity index is 1.58. The number of carbonyl (C=O) groups excluding carboxylic acids is 2. The van der Waals surface area contributed by atoms with Crippen LogP contribution in [0.1, 0.15) is 28.4 Å². The molecular formula is C22H21N3O4. The molecule has 0 atom stereocenters. The first-order valence-electron chi connectivity index (χ1n) is 9.41. The average molecular weight is 391 g/mol. The number of benzene rings is 2. The number of aryl methyl sites for hydroxylation is 1. The number of rotatable bonds is 5. The van der Waals surface area contributed by atoms with Gasteiger partial charge in [-0.3, -0.25) is 9.48 Å². The summed E-state index contributed by atoms with van der Waals surface area (Å²) in [5.74, 6) is 0.0210. The van der Waals surface area contributed by atoms with Crippen molar-refractivity contribution in [1.82, 2.24) is 9.78 Å². The molecule has 0 fully saturated rings. The fourth-order valence-corrected chi connectivity index (χ4v) is 3.38. The number of fused-ring (bicyclic) bond motifs is 3. The van der Waals surface area contributed by atoms with E-state index >= 15 is 0 Å². The van der Waals surface area contributed by atoms with Crippen molar-refractivity contribution in [1.29, 1.82) is 0 Å². The van der Waals surface area contributed by atoms with E-state index in [9.17, 15) is 9.59 Å². The Morgan fingerprint density at radius 2 is 2.07 bits per heavy atom. The average Bonchev–Trinajstić information content (AvgIpc) is 3.11. The van der Waals surface area contributed by atoms with Crippen molar-refractivity contribution in [2.75, 3.05) is 11.9 Å². The van der Waals surface area contributed by atoms with Crippen molar-refractivity contribution < 1.29 is 19.1 Å². The lowest BCUT2D eigenvalue weighted by atomic mass is 10.0. The highest BCUT2D eigenvalue weighted by atomic mass is 16.5. The summed E-state index contributed by atoms with van der Waals surface area (Å²) in [7, 11) is 0. The Labute approximate surface area is 168 Å². The van der Waals surface area contributed by atoms with E-state index in [2.05, 4.69) is 10.4 Å². The van der Waals surface area contributed by atoms with Gasteiger partial charge in [0.2, 0.25) is 5.91 Å². The zero-order chi connectivity index (χ0) is 20.4. The number of carbonyl (C=O) groups is 2. The molecule has 148 valence electrons. The smallest absolute Gasteiger partial charge is 0.340 e. The third-order valence-electron chi connectivity index (χ3n) is 4.68. The maximum Gasteiger partial charge on any atom is 0.340 e. The van der Waals surface area contributed by atoms with Crippen LogP contribution in [0.2, 0.25) is 0 Å². The molecule has 7 nitrogen and oxygen atoms in total. The summed E-state index contributed by atoms with van der Waals surface area (Å²) in [6.07, 6.45) is 1.72. The number of para-hydroxylation sites is 1. The molecule has 0 bridgehead atoms. The molecule has 0 unspecified atom stereocenters. The Morgan fingerprint density at radius 3 is 2.90 bits per heavy atom. The van der Waals surface area contributed by atoms with Crippen LogP contribution in [-0.4, -0.2) is 28.3 Å². The Kier molecular flexibility index (Phi) is 5.03. The summed E-state index contributed by atoms with van der Waals surface area (Å²) < 4.78 is 12.5. The van der Waals surface area contributed by atoms with Gasteiger partial charge in [0.15, 0.2) is 0 Å². The van der Waals surface area contributed by atoms with Crippen LogP contribution >= 0.6 is 0 Å². The lowest BCUT2D eigenvalue weighted by Crippen LogP contribution is -2.22. The monoisotopic (exact) mass is 391 g/mol. The highest BCUT2D eigenvalue weighted by molar-refractivity contribution is 6.01. The van der Waals surface area contributed by atoms with Crippen molar-refractivity contribution in [2.45, 2.75) is 27.0 Å². The van der Waals surface area contributed by atoms with Crippen molar-refractivity contribution in [3.8, 4) is 17.0 Å². The van der Waals surface area contributed by atoms with Crippen LogP contribution in [0.5, 0.6) is 5.75 Å². The molecule has 4 rings (SSSR count). The normalized spacial score (nSPS) is 11.8. The molecule has 2 aromatic carbocycles. The molecule has 1 aliphatic rings. The molecule has 3 aromatic rings. The van der Waals surface area contributed by atoms with Gasteiger partial charge in [-0.15, -0.1) is 0 Å². The number of hydrogen-bond acceptors (Lipinski definition) is 5. The van der Waals surface area contributed by atoms with Gasteiger partial charge in [-0.25, -0.2) is 4.79 Å². The van der Waals surface area contributed by atoms with Crippen LogP contribution in [0.25, 0.3) is 11.3 Å². The van der Waals surface area contributed by atoms with Gasteiger partial charge in [0, 0.05) is 11.1 Å².